The molecule has 0 bridgehead atoms. The Labute approximate surface area is 131 Å². The molecule has 21 heavy (non-hydrogen) atoms. The lowest BCUT2D eigenvalue weighted by atomic mass is 10.2. The maximum absolute atomic E-state index is 8.96. The molecular weight excluding hydrogens is 306 g/mol. The van der Waals surface area contributed by atoms with Gasteiger partial charge >= 0.3 is 0 Å². The molecule has 2 aromatic rings. The van der Waals surface area contributed by atoms with Crippen LogP contribution in [0.2, 0.25) is 5.02 Å². The summed E-state index contributed by atoms with van der Waals surface area (Å²) in [5.41, 5.74) is 10.4. The van der Waals surface area contributed by atoms with Crippen LogP contribution in [0.4, 0.5) is 0 Å². The Hall–Kier alpha value is -2.07. The van der Waals surface area contributed by atoms with Crippen molar-refractivity contribution in [2.24, 2.45) is 11.6 Å². The molecule has 0 aliphatic heterocycles. The Balaban J connectivity index is 2.55. The highest BCUT2D eigenvalue weighted by molar-refractivity contribution is 7.16. The number of allylic oxidation sites excluding steroid dienone is 1. The summed E-state index contributed by atoms with van der Waals surface area (Å²) in [4.78, 5) is 5.38. The third-order valence-electron chi connectivity index (χ3n) is 2.88. The molecular formula is C14H14ClN5S. The molecule has 0 saturated heterocycles. The van der Waals surface area contributed by atoms with Crippen molar-refractivity contribution in [1.82, 2.24) is 10.4 Å². The van der Waals surface area contributed by atoms with Gasteiger partial charge in [-0.1, -0.05) is 30.7 Å². The topological polar surface area (TPSA) is 101 Å². The molecule has 0 unspecified atom stereocenters. The van der Waals surface area contributed by atoms with E-state index in [0.29, 0.717) is 17.1 Å². The minimum absolute atomic E-state index is 0.0403. The maximum Gasteiger partial charge on any atom is 0.137 e. The number of aryl methyl sites for hydroxylation is 1. The Kier molecular flexibility index (Phi) is 4.81. The number of aromatic nitrogens is 1. The zero-order chi connectivity index (χ0) is 15.4. The number of rotatable bonds is 4. The van der Waals surface area contributed by atoms with Crippen LogP contribution in [-0.4, -0.2) is 4.98 Å². The molecule has 5 nitrogen and oxygen atoms in total. The minimum Gasteiger partial charge on any atom is -0.388 e. The van der Waals surface area contributed by atoms with Crippen molar-refractivity contribution in [3.63, 3.8) is 0 Å². The number of hydrazine groups is 1. The normalized spacial score (nSPS) is 11.7. The van der Waals surface area contributed by atoms with Crippen LogP contribution < -0.4 is 17.0 Å². The molecule has 7 heteroatoms. The molecule has 0 fully saturated rings. The van der Waals surface area contributed by atoms with Crippen LogP contribution in [-0.2, 0) is 6.42 Å². The highest BCUT2D eigenvalue weighted by Gasteiger charge is 2.17. The number of nitrogens with one attached hydrogen (secondary N) is 1. The van der Waals surface area contributed by atoms with Gasteiger partial charge in [-0.15, -0.1) is 11.3 Å². The molecule has 0 spiro atoms. The molecule has 5 N–H and O–H groups in total. The van der Waals surface area contributed by atoms with Gasteiger partial charge < -0.3 is 11.2 Å². The van der Waals surface area contributed by atoms with Gasteiger partial charge in [0.25, 0.3) is 0 Å². The number of nitriles is 1. The summed E-state index contributed by atoms with van der Waals surface area (Å²) in [5.74, 6) is 5.50. The Morgan fingerprint density at radius 3 is 2.62 bits per heavy atom. The van der Waals surface area contributed by atoms with Gasteiger partial charge in [0.05, 0.1) is 10.6 Å². The van der Waals surface area contributed by atoms with Gasteiger partial charge in [0.1, 0.15) is 22.5 Å². The second-order valence-corrected chi connectivity index (χ2v) is 5.64. The number of hydrogen-bond acceptors (Lipinski definition) is 6. The molecule has 108 valence electrons. The summed E-state index contributed by atoms with van der Waals surface area (Å²) in [6.45, 7) is 1.99. The van der Waals surface area contributed by atoms with Crippen LogP contribution in [0.1, 0.15) is 17.5 Å². The van der Waals surface area contributed by atoms with Crippen LogP contribution in [0, 0.1) is 11.3 Å². The minimum atomic E-state index is 0.0403. The van der Waals surface area contributed by atoms with E-state index >= 15 is 0 Å². The summed E-state index contributed by atoms with van der Waals surface area (Å²) < 4.78 is 0. The van der Waals surface area contributed by atoms with Crippen LogP contribution in [0.5, 0.6) is 0 Å². The summed E-state index contributed by atoms with van der Waals surface area (Å²) in [7, 11) is 0. The number of benzene rings is 1. The van der Waals surface area contributed by atoms with E-state index in [2.05, 4.69) is 10.4 Å². The highest BCUT2D eigenvalue weighted by Crippen LogP contribution is 2.33. The predicted molar refractivity (Wildman–Crippen MR) is 86.0 cm³/mol. The van der Waals surface area contributed by atoms with Crippen molar-refractivity contribution in [3.8, 4) is 16.6 Å². The smallest absolute Gasteiger partial charge is 0.137 e. The molecule has 0 saturated carbocycles. The first-order chi connectivity index (χ1) is 10.1. The zero-order valence-corrected chi connectivity index (χ0v) is 12.9. The van der Waals surface area contributed by atoms with E-state index in [1.165, 1.54) is 11.3 Å². The van der Waals surface area contributed by atoms with Crippen molar-refractivity contribution in [3.05, 3.63) is 45.6 Å². The number of thiazole rings is 1. The van der Waals surface area contributed by atoms with E-state index in [0.717, 1.165) is 21.1 Å². The number of nitrogens with two attached hydrogens (primary N) is 2. The number of nitrogens with zero attached hydrogens (tertiary/aromatic N) is 2. The standard InChI is InChI=1S/C14H14ClN5S/c1-2-11-13(12(20-18)10(17)7-16)21-14(19-11)8-3-5-9(15)6-4-8/h3-6,20H,2,17-18H2,1H3/b12-10-. The fraction of sp³-hybridized carbons (Fsp3) is 0.143. The van der Waals surface area contributed by atoms with E-state index in [4.69, 9.17) is 28.4 Å². The molecule has 0 radical (unpaired) electrons. The molecule has 0 atom stereocenters. The molecule has 0 amide bonds. The second kappa shape index (κ2) is 6.59. The summed E-state index contributed by atoms with van der Waals surface area (Å²) in [6.07, 6.45) is 0.712. The van der Waals surface area contributed by atoms with Crippen molar-refractivity contribution >= 4 is 28.6 Å². The summed E-state index contributed by atoms with van der Waals surface area (Å²) in [5, 5.41) is 10.5. The van der Waals surface area contributed by atoms with E-state index in [1.54, 1.807) is 0 Å². The van der Waals surface area contributed by atoms with Crippen LogP contribution in [0.25, 0.3) is 16.3 Å². The molecule has 0 aliphatic rings. The first-order valence-corrected chi connectivity index (χ1v) is 7.42. The predicted octanol–water partition coefficient (Wildman–Crippen LogP) is 2.64. The third-order valence-corrected chi connectivity index (χ3v) is 4.30. The average molecular weight is 320 g/mol. The lowest BCUT2D eigenvalue weighted by molar-refractivity contribution is 0.969. The van der Waals surface area contributed by atoms with E-state index in [9.17, 15) is 0 Å². The van der Waals surface area contributed by atoms with Crippen molar-refractivity contribution < 1.29 is 0 Å². The van der Waals surface area contributed by atoms with Gasteiger partial charge in [0, 0.05) is 10.6 Å². The Morgan fingerprint density at radius 1 is 1.43 bits per heavy atom. The third kappa shape index (κ3) is 3.16. The highest BCUT2D eigenvalue weighted by atomic mass is 35.5. The van der Waals surface area contributed by atoms with Gasteiger partial charge in [0.15, 0.2) is 0 Å². The molecule has 1 aromatic heterocycles. The number of halogens is 1. The summed E-state index contributed by atoms with van der Waals surface area (Å²) >= 11 is 7.33. The monoisotopic (exact) mass is 319 g/mol. The fourth-order valence-corrected chi connectivity index (χ4v) is 3.13. The number of hydrogen-bond donors (Lipinski definition) is 3. The van der Waals surface area contributed by atoms with Crippen LogP contribution >= 0.6 is 22.9 Å². The molecule has 0 aliphatic carbocycles. The second-order valence-electron chi connectivity index (χ2n) is 4.20. The van der Waals surface area contributed by atoms with Crippen LogP contribution in [0.3, 0.4) is 0 Å². The Bertz CT molecular complexity index is 712. The van der Waals surface area contributed by atoms with Gasteiger partial charge in [-0.25, -0.2) is 4.98 Å². The molecule has 2 rings (SSSR count). The van der Waals surface area contributed by atoms with Crippen molar-refractivity contribution in [2.45, 2.75) is 13.3 Å². The van der Waals surface area contributed by atoms with Crippen molar-refractivity contribution in [2.75, 3.05) is 0 Å². The Morgan fingerprint density at radius 2 is 2.10 bits per heavy atom. The van der Waals surface area contributed by atoms with Gasteiger partial charge in [-0.05, 0) is 18.6 Å². The summed E-state index contributed by atoms with van der Waals surface area (Å²) in [6, 6.07) is 9.32. The van der Waals surface area contributed by atoms with E-state index < -0.39 is 0 Å². The maximum atomic E-state index is 8.96. The first kappa shape index (κ1) is 15.3. The SMILES string of the molecule is CCc1nc(-c2ccc(Cl)cc2)sc1/C(NN)=C(/N)C#N. The van der Waals surface area contributed by atoms with Crippen molar-refractivity contribution in [1.29, 1.82) is 5.26 Å². The van der Waals surface area contributed by atoms with Gasteiger partial charge in [0.2, 0.25) is 0 Å². The van der Waals surface area contributed by atoms with Gasteiger partial charge in [-0.3, -0.25) is 5.84 Å². The first-order valence-electron chi connectivity index (χ1n) is 6.23. The molecule has 1 aromatic carbocycles. The fourth-order valence-electron chi connectivity index (χ4n) is 1.82. The molecule has 1 heterocycles. The quantitative estimate of drug-likeness (QED) is 0.457. The van der Waals surface area contributed by atoms with E-state index in [1.807, 2.05) is 37.3 Å². The average Bonchev–Trinajstić information content (AvgIpc) is 2.92. The lowest BCUT2D eigenvalue weighted by Gasteiger charge is -2.05. The zero-order valence-electron chi connectivity index (χ0n) is 11.4. The van der Waals surface area contributed by atoms with Crippen LogP contribution in [0.15, 0.2) is 30.0 Å². The van der Waals surface area contributed by atoms with E-state index in [-0.39, 0.29) is 5.70 Å². The largest absolute Gasteiger partial charge is 0.388 e. The lowest BCUT2D eigenvalue weighted by Crippen LogP contribution is -2.23. The van der Waals surface area contributed by atoms with Gasteiger partial charge in [-0.2, -0.15) is 5.26 Å².